The lowest BCUT2D eigenvalue weighted by atomic mass is 9.93. The molecule has 1 aliphatic heterocycles. The number of fused-ring (bicyclic) bond motifs is 1. The second kappa shape index (κ2) is 11.9. The van der Waals surface area contributed by atoms with E-state index >= 15 is 0 Å². The molecule has 0 saturated carbocycles. The van der Waals surface area contributed by atoms with Gasteiger partial charge in [-0.25, -0.2) is 9.18 Å². The van der Waals surface area contributed by atoms with E-state index in [0.717, 1.165) is 43.0 Å². The fourth-order valence-corrected chi connectivity index (χ4v) is 4.61. The predicted octanol–water partition coefficient (Wildman–Crippen LogP) is 5.06. The molecule has 0 spiro atoms. The molecular weight excluding hydrogens is 487 g/mol. The molecule has 2 atom stereocenters. The Balaban J connectivity index is 1.55. The van der Waals surface area contributed by atoms with E-state index in [4.69, 9.17) is 0 Å². The SMILES string of the molecule is CCCCCCC(C)NC(=O)c1cc(C2NC(=O)NC(C)=C2C(=O)Nc2ccc3[nH]ncc3c2)ccc1F. The molecule has 1 aliphatic rings. The first-order chi connectivity index (χ1) is 18.3. The van der Waals surface area contributed by atoms with Crippen molar-refractivity contribution in [1.82, 2.24) is 26.1 Å². The number of hydrogen-bond donors (Lipinski definition) is 5. The molecule has 2 aromatic carbocycles. The number of carbonyl (C=O) groups is 3. The summed E-state index contributed by atoms with van der Waals surface area (Å²) in [6, 6.07) is 7.85. The molecule has 0 aliphatic carbocycles. The topological polar surface area (TPSA) is 128 Å². The minimum absolute atomic E-state index is 0.114. The summed E-state index contributed by atoms with van der Waals surface area (Å²) in [7, 11) is 0. The molecular formula is C28H33FN6O3. The number of nitrogens with one attached hydrogen (secondary N) is 5. The van der Waals surface area contributed by atoms with E-state index in [1.165, 1.54) is 18.2 Å². The summed E-state index contributed by atoms with van der Waals surface area (Å²) in [5, 5.41) is 18.7. The van der Waals surface area contributed by atoms with Crippen molar-refractivity contribution >= 4 is 34.4 Å². The monoisotopic (exact) mass is 520 g/mol. The van der Waals surface area contributed by atoms with Gasteiger partial charge in [0.15, 0.2) is 0 Å². The van der Waals surface area contributed by atoms with Gasteiger partial charge in [-0.2, -0.15) is 5.10 Å². The van der Waals surface area contributed by atoms with Gasteiger partial charge in [0.25, 0.3) is 11.8 Å². The minimum atomic E-state index is -0.889. The zero-order valence-corrected chi connectivity index (χ0v) is 21.8. The first-order valence-corrected chi connectivity index (χ1v) is 12.9. The Morgan fingerprint density at radius 2 is 1.92 bits per heavy atom. The van der Waals surface area contributed by atoms with E-state index in [1.807, 2.05) is 6.92 Å². The largest absolute Gasteiger partial charge is 0.349 e. The van der Waals surface area contributed by atoms with Crippen LogP contribution < -0.4 is 21.3 Å². The average molecular weight is 521 g/mol. The Bertz CT molecular complexity index is 1380. The number of hydrogen-bond acceptors (Lipinski definition) is 4. The van der Waals surface area contributed by atoms with Crippen LogP contribution in [0.15, 0.2) is 53.9 Å². The highest BCUT2D eigenvalue weighted by Crippen LogP contribution is 2.29. The van der Waals surface area contributed by atoms with Crippen molar-refractivity contribution in [2.75, 3.05) is 5.32 Å². The number of rotatable bonds is 10. The number of aromatic nitrogens is 2. The Kier molecular flexibility index (Phi) is 8.40. The number of amides is 4. The van der Waals surface area contributed by atoms with Crippen LogP contribution in [0.4, 0.5) is 14.9 Å². The summed E-state index contributed by atoms with van der Waals surface area (Å²) >= 11 is 0. The maximum absolute atomic E-state index is 14.7. The summed E-state index contributed by atoms with van der Waals surface area (Å²) < 4.78 is 14.7. The number of nitrogens with zero attached hydrogens (tertiary/aromatic N) is 1. The first-order valence-electron chi connectivity index (χ1n) is 12.9. The van der Waals surface area contributed by atoms with Gasteiger partial charge in [-0.1, -0.05) is 38.7 Å². The number of benzene rings is 2. The second-order valence-corrected chi connectivity index (χ2v) is 9.66. The predicted molar refractivity (Wildman–Crippen MR) is 144 cm³/mol. The number of unbranched alkanes of at least 4 members (excludes halogenated alkanes) is 3. The van der Waals surface area contributed by atoms with Crippen LogP contribution in [0.1, 0.15) is 74.8 Å². The van der Waals surface area contributed by atoms with Crippen LogP contribution in [0, 0.1) is 5.82 Å². The number of urea groups is 1. The van der Waals surface area contributed by atoms with Crippen molar-refractivity contribution in [2.45, 2.75) is 65.0 Å². The van der Waals surface area contributed by atoms with Gasteiger partial charge >= 0.3 is 6.03 Å². The van der Waals surface area contributed by atoms with Gasteiger partial charge in [0, 0.05) is 22.8 Å². The number of H-pyrrole nitrogens is 1. The number of halogens is 1. The molecule has 2 unspecified atom stereocenters. The highest BCUT2D eigenvalue weighted by molar-refractivity contribution is 6.07. The zero-order valence-electron chi connectivity index (χ0n) is 21.8. The maximum atomic E-state index is 14.7. The number of aromatic amines is 1. The van der Waals surface area contributed by atoms with Gasteiger partial charge in [0.2, 0.25) is 0 Å². The summed E-state index contributed by atoms with van der Waals surface area (Å²) in [6.07, 6.45) is 6.78. The Morgan fingerprint density at radius 1 is 1.11 bits per heavy atom. The summed E-state index contributed by atoms with van der Waals surface area (Å²) in [6.45, 7) is 5.66. The smallest absolute Gasteiger partial charge is 0.319 e. The standard InChI is InChI=1S/C28H33FN6O3/c1-4-5-6-7-8-16(2)31-26(36)21-14-18(9-11-22(21)29)25-24(17(3)32-28(38)34-25)27(37)33-20-10-12-23-19(13-20)15-30-35-23/h9-16,25H,4-8H2,1-3H3,(H,30,35)(H,31,36)(H,33,37)(H2,32,34,38). The van der Waals surface area contributed by atoms with Crippen molar-refractivity contribution < 1.29 is 18.8 Å². The highest BCUT2D eigenvalue weighted by atomic mass is 19.1. The number of allylic oxidation sites excluding steroid dienone is 1. The third-order valence-electron chi connectivity index (χ3n) is 6.65. The molecule has 200 valence electrons. The lowest BCUT2D eigenvalue weighted by molar-refractivity contribution is -0.113. The van der Waals surface area contributed by atoms with E-state index < -0.39 is 29.7 Å². The number of carbonyl (C=O) groups excluding carboxylic acids is 3. The molecule has 2 heterocycles. The minimum Gasteiger partial charge on any atom is -0.349 e. The summed E-state index contributed by atoms with van der Waals surface area (Å²) in [4.78, 5) is 38.6. The van der Waals surface area contributed by atoms with Crippen molar-refractivity contribution in [3.8, 4) is 0 Å². The Labute approximate surface area is 220 Å². The zero-order chi connectivity index (χ0) is 27.2. The van der Waals surface area contributed by atoms with Gasteiger partial charge in [0.05, 0.1) is 28.9 Å². The van der Waals surface area contributed by atoms with Gasteiger partial charge < -0.3 is 21.3 Å². The summed E-state index contributed by atoms with van der Waals surface area (Å²) in [5.41, 5.74) is 2.26. The van der Waals surface area contributed by atoms with Gasteiger partial charge in [0.1, 0.15) is 5.82 Å². The van der Waals surface area contributed by atoms with Gasteiger partial charge in [-0.05, 0) is 56.2 Å². The molecule has 1 aromatic heterocycles. The van der Waals surface area contributed by atoms with Crippen molar-refractivity contribution in [3.05, 3.63) is 70.8 Å². The van der Waals surface area contributed by atoms with E-state index in [2.05, 4.69) is 38.4 Å². The molecule has 38 heavy (non-hydrogen) atoms. The maximum Gasteiger partial charge on any atom is 0.319 e. The Morgan fingerprint density at radius 3 is 2.71 bits per heavy atom. The van der Waals surface area contributed by atoms with Crippen molar-refractivity contribution in [3.63, 3.8) is 0 Å². The normalized spacial score (nSPS) is 16.1. The van der Waals surface area contributed by atoms with Crippen LogP contribution in [-0.4, -0.2) is 34.1 Å². The molecule has 9 nitrogen and oxygen atoms in total. The van der Waals surface area contributed by atoms with E-state index in [1.54, 1.807) is 31.3 Å². The van der Waals surface area contributed by atoms with Gasteiger partial charge in [-0.15, -0.1) is 0 Å². The van der Waals surface area contributed by atoms with Crippen LogP contribution in [0.25, 0.3) is 10.9 Å². The van der Waals surface area contributed by atoms with Crippen LogP contribution in [0.2, 0.25) is 0 Å². The second-order valence-electron chi connectivity index (χ2n) is 9.66. The molecule has 10 heteroatoms. The Hall–Kier alpha value is -4.21. The molecule has 4 rings (SSSR count). The quantitative estimate of drug-likeness (QED) is 0.240. The highest BCUT2D eigenvalue weighted by Gasteiger charge is 2.32. The summed E-state index contributed by atoms with van der Waals surface area (Å²) in [5.74, 6) is -1.66. The molecule has 0 bridgehead atoms. The number of anilines is 1. The molecule has 0 saturated heterocycles. The fourth-order valence-electron chi connectivity index (χ4n) is 4.61. The van der Waals surface area contributed by atoms with Crippen molar-refractivity contribution in [1.29, 1.82) is 0 Å². The molecule has 4 amide bonds. The van der Waals surface area contributed by atoms with Crippen LogP contribution in [0.5, 0.6) is 0 Å². The van der Waals surface area contributed by atoms with E-state index in [-0.39, 0.29) is 17.2 Å². The average Bonchev–Trinajstić information content (AvgIpc) is 3.34. The molecule has 5 N–H and O–H groups in total. The molecule has 0 fully saturated rings. The lowest BCUT2D eigenvalue weighted by Gasteiger charge is -2.29. The lowest BCUT2D eigenvalue weighted by Crippen LogP contribution is -2.46. The van der Waals surface area contributed by atoms with E-state index in [0.29, 0.717) is 16.9 Å². The molecule has 0 radical (unpaired) electrons. The third-order valence-corrected chi connectivity index (χ3v) is 6.65. The van der Waals surface area contributed by atoms with E-state index in [9.17, 15) is 18.8 Å². The van der Waals surface area contributed by atoms with Crippen LogP contribution in [-0.2, 0) is 4.79 Å². The molecule has 3 aromatic rings. The third kappa shape index (κ3) is 6.19. The first kappa shape index (κ1) is 26.8. The van der Waals surface area contributed by atoms with Gasteiger partial charge in [-0.3, -0.25) is 14.7 Å². The van der Waals surface area contributed by atoms with Crippen molar-refractivity contribution in [2.24, 2.45) is 0 Å². The fraction of sp³-hybridized carbons (Fsp3) is 0.357. The van der Waals surface area contributed by atoms with Crippen LogP contribution in [0.3, 0.4) is 0 Å². The van der Waals surface area contributed by atoms with Crippen LogP contribution >= 0.6 is 0 Å².